The van der Waals surface area contributed by atoms with Crippen LogP contribution >= 0.6 is 0 Å². The van der Waals surface area contributed by atoms with Gasteiger partial charge in [0, 0.05) is 29.7 Å². The van der Waals surface area contributed by atoms with Gasteiger partial charge in [0.05, 0.1) is 11.4 Å². The zero-order chi connectivity index (χ0) is 12.6. The summed E-state index contributed by atoms with van der Waals surface area (Å²) >= 11 is 0. The summed E-state index contributed by atoms with van der Waals surface area (Å²) in [5, 5.41) is 5.69. The van der Waals surface area contributed by atoms with Gasteiger partial charge in [-0.05, 0) is 36.8 Å². The van der Waals surface area contributed by atoms with E-state index in [1.165, 1.54) is 19.3 Å². The lowest BCUT2D eigenvalue weighted by Crippen LogP contribution is -2.15. The highest BCUT2D eigenvalue weighted by atomic mass is 14.9. The summed E-state index contributed by atoms with van der Waals surface area (Å²) in [5.74, 6) is 0. The molecule has 1 fully saturated rings. The zero-order valence-electron chi connectivity index (χ0n) is 10.7. The second-order valence-corrected chi connectivity index (χ2v) is 5.33. The number of nitrogens with two attached hydrogens (primary N) is 1. The van der Waals surface area contributed by atoms with Gasteiger partial charge in [0.25, 0.3) is 0 Å². The number of rotatable bonds is 4. The number of anilines is 2. The maximum atomic E-state index is 6.22. The van der Waals surface area contributed by atoms with Crippen molar-refractivity contribution in [3.05, 3.63) is 30.6 Å². The summed E-state index contributed by atoms with van der Waals surface area (Å²) in [6, 6.07) is 6.11. The van der Waals surface area contributed by atoms with Gasteiger partial charge in [0.2, 0.25) is 0 Å². The molecule has 2 aromatic rings. The minimum absolute atomic E-state index is 0.527. The van der Waals surface area contributed by atoms with Crippen LogP contribution in [0.1, 0.15) is 26.2 Å². The minimum Gasteiger partial charge on any atom is -0.397 e. The van der Waals surface area contributed by atoms with Gasteiger partial charge in [-0.1, -0.05) is 13.0 Å². The van der Waals surface area contributed by atoms with E-state index >= 15 is 0 Å². The van der Waals surface area contributed by atoms with Crippen LogP contribution in [0.2, 0.25) is 0 Å². The molecule has 1 aliphatic rings. The fourth-order valence-electron chi connectivity index (χ4n) is 2.46. The lowest BCUT2D eigenvalue weighted by atomic mass is 10.0. The summed E-state index contributed by atoms with van der Waals surface area (Å²) in [5.41, 5.74) is 8.63. The second kappa shape index (κ2) is 4.16. The number of nitrogen functional groups attached to an aromatic ring is 1. The number of nitrogens with zero attached hydrogens (tertiary/aromatic N) is 1. The lowest BCUT2D eigenvalue weighted by molar-refractivity contribution is 0.521. The monoisotopic (exact) mass is 241 g/mol. The number of hydrogen-bond acceptors (Lipinski definition) is 3. The van der Waals surface area contributed by atoms with Crippen molar-refractivity contribution in [1.82, 2.24) is 4.98 Å². The third kappa shape index (κ3) is 1.90. The maximum Gasteiger partial charge on any atom is 0.0630 e. The third-order valence-electron chi connectivity index (χ3n) is 4.22. The fraction of sp³-hybridized carbons (Fsp3) is 0.400. The molecule has 3 heteroatoms. The van der Waals surface area contributed by atoms with Crippen molar-refractivity contribution in [3.63, 3.8) is 0 Å². The Hall–Kier alpha value is -1.77. The molecule has 0 amide bonds. The molecule has 0 bridgehead atoms. The molecule has 0 saturated heterocycles. The van der Waals surface area contributed by atoms with Crippen molar-refractivity contribution in [2.45, 2.75) is 26.2 Å². The first-order valence-electron chi connectivity index (χ1n) is 6.60. The van der Waals surface area contributed by atoms with E-state index in [2.05, 4.69) is 29.4 Å². The molecule has 0 aliphatic heterocycles. The van der Waals surface area contributed by atoms with Crippen LogP contribution in [0.5, 0.6) is 0 Å². The van der Waals surface area contributed by atoms with Gasteiger partial charge in [-0.25, -0.2) is 0 Å². The van der Waals surface area contributed by atoms with Crippen molar-refractivity contribution < 1.29 is 0 Å². The molecule has 0 unspecified atom stereocenters. The number of benzene rings is 1. The summed E-state index contributed by atoms with van der Waals surface area (Å²) < 4.78 is 0. The highest BCUT2D eigenvalue weighted by molar-refractivity contribution is 5.98. The molecule has 1 saturated carbocycles. The van der Waals surface area contributed by atoms with Crippen LogP contribution in [0, 0.1) is 5.41 Å². The Balaban J connectivity index is 1.86. The van der Waals surface area contributed by atoms with Crippen molar-refractivity contribution in [2.24, 2.45) is 5.41 Å². The van der Waals surface area contributed by atoms with Crippen LogP contribution in [-0.4, -0.2) is 11.5 Å². The van der Waals surface area contributed by atoms with Crippen LogP contribution in [0.3, 0.4) is 0 Å². The topological polar surface area (TPSA) is 50.9 Å². The van der Waals surface area contributed by atoms with E-state index < -0.39 is 0 Å². The minimum atomic E-state index is 0.527. The Morgan fingerprint density at radius 2 is 2.17 bits per heavy atom. The summed E-state index contributed by atoms with van der Waals surface area (Å²) in [6.07, 6.45) is 7.57. The van der Waals surface area contributed by atoms with Gasteiger partial charge in [-0.2, -0.15) is 0 Å². The highest BCUT2D eigenvalue weighted by Crippen LogP contribution is 2.48. The van der Waals surface area contributed by atoms with Gasteiger partial charge in [0.15, 0.2) is 0 Å². The fourth-order valence-corrected chi connectivity index (χ4v) is 2.46. The SMILES string of the molecule is CCC1(CNc2ccc3cnccc3c2N)CC1. The summed E-state index contributed by atoms with van der Waals surface area (Å²) in [4.78, 5) is 4.12. The molecule has 3 N–H and O–H groups in total. The summed E-state index contributed by atoms with van der Waals surface area (Å²) in [6.45, 7) is 3.30. The van der Waals surface area contributed by atoms with Crippen LogP contribution < -0.4 is 11.1 Å². The first-order chi connectivity index (χ1) is 8.74. The standard InChI is InChI=1S/C15H19N3/c1-2-15(6-7-15)10-18-13-4-3-11-9-17-8-5-12(11)14(13)16/h3-5,8-9,18H,2,6-7,10,16H2,1H3. The maximum absolute atomic E-state index is 6.22. The van der Waals surface area contributed by atoms with Gasteiger partial charge in [-0.3, -0.25) is 4.98 Å². The predicted octanol–water partition coefficient (Wildman–Crippen LogP) is 3.42. The van der Waals surface area contributed by atoms with E-state index in [1.807, 2.05) is 12.3 Å². The summed E-state index contributed by atoms with van der Waals surface area (Å²) in [7, 11) is 0. The quantitative estimate of drug-likeness (QED) is 0.806. The van der Waals surface area contributed by atoms with Crippen molar-refractivity contribution in [1.29, 1.82) is 0 Å². The molecule has 0 radical (unpaired) electrons. The van der Waals surface area contributed by atoms with Crippen molar-refractivity contribution in [3.8, 4) is 0 Å². The number of fused-ring (bicyclic) bond motifs is 1. The highest BCUT2D eigenvalue weighted by Gasteiger charge is 2.40. The van der Waals surface area contributed by atoms with E-state index in [-0.39, 0.29) is 0 Å². The molecule has 3 rings (SSSR count). The zero-order valence-corrected chi connectivity index (χ0v) is 10.7. The van der Waals surface area contributed by atoms with Crippen molar-refractivity contribution >= 4 is 22.1 Å². The van der Waals surface area contributed by atoms with Gasteiger partial charge >= 0.3 is 0 Å². The number of aromatic nitrogens is 1. The number of nitrogens with one attached hydrogen (secondary N) is 1. The van der Waals surface area contributed by atoms with Crippen molar-refractivity contribution in [2.75, 3.05) is 17.6 Å². The molecule has 3 nitrogen and oxygen atoms in total. The smallest absolute Gasteiger partial charge is 0.0630 e. The normalized spacial score (nSPS) is 16.7. The predicted molar refractivity (Wildman–Crippen MR) is 76.6 cm³/mol. The Labute approximate surface area is 107 Å². The van der Waals surface area contributed by atoms with Gasteiger partial charge < -0.3 is 11.1 Å². The van der Waals surface area contributed by atoms with Crippen LogP contribution in [-0.2, 0) is 0 Å². The average molecular weight is 241 g/mol. The van der Waals surface area contributed by atoms with Gasteiger partial charge in [0.1, 0.15) is 0 Å². The molecule has 0 spiro atoms. The first-order valence-corrected chi connectivity index (χ1v) is 6.60. The average Bonchev–Trinajstić information content (AvgIpc) is 3.19. The largest absolute Gasteiger partial charge is 0.397 e. The Kier molecular flexibility index (Phi) is 2.62. The second-order valence-electron chi connectivity index (χ2n) is 5.33. The number of hydrogen-bond donors (Lipinski definition) is 2. The Morgan fingerprint density at radius 3 is 2.89 bits per heavy atom. The van der Waals surface area contributed by atoms with Gasteiger partial charge in [-0.15, -0.1) is 0 Å². The van der Waals surface area contributed by atoms with Crippen LogP contribution in [0.4, 0.5) is 11.4 Å². The van der Waals surface area contributed by atoms with E-state index in [9.17, 15) is 0 Å². The molecular formula is C15H19N3. The van der Waals surface area contributed by atoms with Crippen LogP contribution in [0.15, 0.2) is 30.6 Å². The Morgan fingerprint density at radius 1 is 1.33 bits per heavy atom. The molecule has 18 heavy (non-hydrogen) atoms. The number of pyridine rings is 1. The van der Waals surface area contributed by atoms with E-state index in [4.69, 9.17) is 5.73 Å². The lowest BCUT2D eigenvalue weighted by Gasteiger charge is -2.16. The van der Waals surface area contributed by atoms with E-state index in [1.54, 1.807) is 6.20 Å². The molecule has 94 valence electrons. The molecule has 1 heterocycles. The van der Waals surface area contributed by atoms with Crippen LogP contribution in [0.25, 0.3) is 10.8 Å². The van der Waals surface area contributed by atoms with E-state index in [0.29, 0.717) is 5.41 Å². The molecule has 0 atom stereocenters. The molecule has 1 aromatic heterocycles. The third-order valence-corrected chi connectivity index (χ3v) is 4.22. The first kappa shape index (κ1) is 11.3. The molecular weight excluding hydrogens is 222 g/mol. The van der Waals surface area contributed by atoms with E-state index in [0.717, 1.165) is 28.7 Å². The Bertz CT molecular complexity index is 573. The molecule has 1 aliphatic carbocycles. The molecule has 1 aromatic carbocycles.